The third kappa shape index (κ3) is 9.29. The lowest BCUT2D eigenvalue weighted by Crippen LogP contribution is -1.95. The quantitative estimate of drug-likeness (QED) is 0.285. The third-order valence-corrected chi connectivity index (χ3v) is 3.33. The number of ether oxygens (including phenoxy) is 1. The minimum Gasteiger partial charge on any atom is -0.466 e. The SMILES string of the molecule is COC(=O)/C=C(C)/C=C/CC(C)CCC(C)=C(C)C. The highest BCUT2D eigenvalue weighted by molar-refractivity contribution is 5.83. The Kier molecular flexibility index (Phi) is 8.94. The summed E-state index contributed by atoms with van der Waals surface area (Å²) in [7, 11) is 1.39. The first-order valence-corrected chi connectivity index (χ1v) is 6.92. The van der Waals surface area contributed by atoms with E-state index < -0.39 is 0 Å². The summed E-state index contributed by atoms with van der Waals surface area (Å²) in [5, 5.41) is 0. The second-order valence-corrected chi connectivity index (χ2v) is 5.47. The number of esters is 1. The molecule has 108 valence electrons. The Balaban J connectivity index is 4.09. The van der Waals surface area contributed by atoms with Crippen molar-refractivity contribution in [3.05, 3.63) is 34.9 Å². The minimum atomic E-state index is -0.297. The average Bonchev–Trinajstić information content (AvgIpc) is 2.35. The van der Waals surface area contributed by atoms with E-state index in [4.69, 9.17) is 0 Å². The first-order valence-electron chi connectivity index (χ1n) is 6.92. The van der Waals surface area contributed by atoms with Gasteiger partial charge in [-0.3, -0.25) is 0 Å². The standard InChI is InChI=1S/C17H28O2/c1-13(2)16(5)11-10-14(3)8-7-9-15(4)12-17(18)19-6/h7,9,12,14H,8,10-11H2,1-6H3/b9-7+,15-12+. The summed E-state index contributed by atoms with van der Waals surface area (Å²) < 4.78 is 4.58. The van der Waals surface area contributed by atoms with Crippen molar-refractivity contribution in [1.29, 1.82) is 0 Å². The zero-order chi connectivity index (χ0) is 14.8. The topological polar surface area (TPSA) is 26.3 Å². The molecule has 0 saturated carbocycles. The molecule has 0 aromatic carbocycles. The third-order valence-electron chi connectivity index (χ3n) is 3.33. The summed E-state index contributed by atoms with van der Waals surface area (Å²) in [6.45, 7) is 10.7. The molecule has 0 aliphatic carbocycles. The Labute approximate surface area is 118 Å². The molecule has 0 rings (SSSR count). The molecule has 0 radical (unpaired) electrons. The van der Waals surface area contributed by atoms with E-state index in [9.17, 15) is 4.79 Å². The van der Waals surface area contributed by atoms with E-state index >= 15 is 0 Å². The van der Waals surface area contributed by atoms with Crippen molar-refractivity contribution < 1.29 is 9.53 Å². The molecule has 0 bridgehead atoms. The Morgan fingerprint density at radius 3 is 2.37 bits per heavy atom. The molecule has 2 nitrogen and oxygen atoms in total. The highest BCUT2D eigenvalue weighted by Gasteiger charge is 2.01. The van der Waals surface area contributed by atoms with Gasteiger partial charge in [-0.15, -0.1) is 0 Å². The van der Waals surface area contributed by atoms with Crippen LogP contribution in [0.1, 0.15) is 53.9 Å². The molecule has 0 aromatic rings. The van der Waals surface area contributed by atoms with Crippen molar-refractivity contribution in [1.82, 2.24) is 0 Å². The van der Waals surface area contributed by atoms with Gasteiger partial charge in [-0.2, -0.15) is 0 Å². The molecule has 19 heavy (non-hydrogen) atoms. The van der Waals surface area contributed by atoms with Crippen LogP contribution in [-0.2, 0) is 9.53 Å². The number of allylic oxidation sites excluding steroid dienone is 5. The van der Waals surface area contributed by atoms with Crippen LogP contribution in [-0.4, -0.2) is 13.1 Å². The monoisotopic (exact) mass is 264 g/mol. The molecule has 1 unspecified atom stereocenters. The molecule has 0 spiro atoms. The summed E-state index contributed by atoms with van der Waals surface area (Å²) in [6.07, 6.45) is 9.06. The molecule has 2 heteroatoms. The molecule has 0 aromatic heterocycles. The second-order valence-electron chi connectivity index (χ2n) is 5.47. The van der Waals surface area contributed by atoms with Gasteiger partial charge in [0, 0.05) is 6.08 Å². The van der Waals surface area contributed by atoms with Crippen LogP contribution in [0.3, 0.4) is 0 Å². The smallest absolute Gasteiger partial charge is 0.330 e. The predicted molar refractivity (Wildman–Crippen MR) is 82.0 cm³/mol. The Morgan fingerprint density at radius 2 is 1.84 bits per heavy atom. The van der Waals surface area contributed by atoms with Crippen molar-refractivity contribution in [2.75, 3.05) is 7.11 Å². The number of hydrogen-bond acceptors (Lipinski definition) is 2. The molecule has 0 aliphatic rings. The predicted octanol–water partition coefficient (Wildman–Crippen LogP) is 4.82. The van der Waals surface area contributed by atoms with Gasteiger partial charge in [-0.1, -0.05) is 30.2 Å². The van der Waals surface area contributed by atoms with E-state index in [1.807, 2.05) is 13.0 Å². The van der Waals surface area contributed by atoms with Crippen LogP contribution in [0.25, 0.3) is 0 Å². The van der Waals surface area contributed by atoms with Gasteiger partial charge in [0.2, 0.25) is 0 Å². The number of rotatable bonds is 7. The molecular weight excluding hydrogens is 236 g/mol. The van der Waals surface area contributed by atoms with Crippen molar-refractivity contribution >= 4 is 5.97 Å². The molecule has 0 aliphatic heterocycles. The van der Waals surface area contributed by atoms with E-state index in [0.29, 0.717) is 5.92 Å². The van der Waals surface area contributed by atoms with E-state index in [0.717, 1.165) is 12.0 Å². The van der Waals surface area contributed by atoms with Crippen LogP contribution in [0.15, 0.2) is 34.9 Å². The summed E-state index contributed by atoms with van der Waals surface area (Å²) in [5.74, 6) is 0.367. The summed E-state index contributed by atoms with van der Waals surface area (Å²) in [6, 6.07) is 0. The van der Waals surface area contributed by atoms with Gasteiger partial charge in [0.1, 0.15) is 0 Å². The zero-order valence-corrected chi connectivity index (χ0v) is 13.2. The molecule has 0 N–H and O–H groups in total. The van der Waals surface area contributed by atoms with Crippen molar-refractivity contribution in [2.24, 2.45) is 5.92 Å². The molecule has 1 atom stereocenters. The van der Waals surface area contributed by atoms with Crippen LogP contribution < -0.4 is 0 Å². The maximum atomic E-state index is 11.0. The number of carbonyl (C=O) groups is 1. The lowest BCUT2D eigenvalue weighted by Gasteiger charge is -2.09. The average molecular weight is 264 g/mol. The van der Waals surface area contributed by atoms with Crippen LogP contribution in [0.4, 0.5) is 0 Å². The first-order chi connectivity index (χ1) is 8.86. The zero-order valence-electron chi connectivity index (χ0n) is 13.2. The lowest BCUT2D eigenvalue weighted by molar-refractivity contribution is -0.134. The maximum absolute atomic E-state index is 11.0. The molecule has 0 amide bonds. The number of hydrogen-bond donors (Lipinski definition) is 0. The van der Waals surface area contributed by atoms with Gasteiger partial charge >= 0.3 is 5.97 Å². The Bertz CT molecular complexity index is 369. The van der Waals surface area contributed by atoms with Gasteiger partial charge < -0.3 is 4.74 Å². The van der Waals surface area contributed by atoms with Crippen molar-refractivity contribution in [2.45, 2.75) is 53.9 Å². The Morgan fingerprint density at radius 1 is 1.21 bits per heavy atom. The van der Waals surface area contributed by atoms with Crippen LogP contribution in [0.5, 0.6) is 0 Å². The fourth-order valence-electron chi connectivity index (χ4n) is 1.61. The van der Waals surface area contributed by atoms with Gasteiger partial charge in [0.05, 0.1) is 7.11 Å². The van der Waals surface area contributed by atoms with E-state index in [1.54, 1.807) is 0 Å². The van der Waals surface area contributed by atoms with E-state index in [-0.39, 0.29) is 5.97 Å². The van der Waals surface area contributed by atoms with E-state index in [1.165, 1.54) is 37.2 Å². The number of methoxy groups -OCH3 is 1. The fourth-order valence-corrected chi connectivity index (χ4v) is 1.61. The highest BCUT2D eigenvalue weighted by atomic mass is 16.5. The molecular formula is C17H28O2. The van der Waals surface area contributed by atoms with Crippen LogP contribution in [0, 0.1) is 5.92 Å². The molecule has 0 heterocycles. The van der Waals surface area contributed by atoms with Crippen molar-refractivity contribution in [3.8, 4) is 0 Å². The molecule has 0 saturated heterocycles. The van der Waals surface area contributed by atoms with Gasteiger partial charge in [-0.25, -0.2) is 4.79 Å². The second kappa shape index (κ2) is 9.60. The van der Waals surface area contributed by atoms with Gasteiger partial charge in [-0.05, 0) is 58.4 Å². The largest absolute Gasteiger partial charge is 0.466 e. The van der Waals surface area contributed by atoms with Crippen LogP contribution >= 0.6 is 0 Å². The van der Waals surface area contributed by atoms with Crippen LogP contribution in [0.2, 0.25) is 0 Å². The van der Waals surface area contributed by atoms with E-state index in [2.05, 4.69) is 38.5 Å². The fraction of sp³-hybridized carbons (Fsp3) is 0.588. The Hall–Kier alpha value is -1.31. The maximum Gasteiger partial charge on any atom is 0.330 e. The molecule has 0 fully saturated rings. The highest BCUT2D eigenvalue weighted by Crippen LogP contribution is 2.17. The normalized spacial score (nSPS) is 13.5. The lowest BCUT2D eigenvalue weighted by atomic mass is 9.97. The summed E-state index contributed by atoms with van der Waals surface area (Å²) >= 11 is 0. The van der Waals surface area contributed by atoms with Gasteiger partial charge in [0.15, 0.2) is 0 Å². The first kappa shape index (κ1) is 17.7. The van der Waals surface area contributed by atoms with Crippen molar-refractivity contribution in [3.63, 3.8) is 0 Å². The minimum absolute atomic E-state index is 0.297. The number of carbonyl (C=O) groups excluding carboxylic acids is 1. The summed E-state index contributed by atoms with van der Waals surface area (Å²) in [4.78, 5) is 11.0. The van der Waals surface area contributed by atoms with Gasteiger partial charge in [0.25, 0.3) is 0 Å². The summed E-state index contributed by atoms with van der Waals surface area (Å²) in [5.41, 5.74) is 3.86.